The van der Waals surface area contributed by atoms with Gasteiger partial charge in [-0.1, -0.05) is 36.4 Å². The highest BCUT2D eigenvalue weighted by Gasteiger charge is 2.46. The smallest absolute Gasteiger partial charge is 0.379 e. The lowest BCUT2D eigenvalue weighted by molar-refractivity contribution is -0.142. The summed E-state index contributed by atoms with van der Waals surface area (Å²) in [7, 11) is 3.20. The normalized spacial score (nSPS) is 14.9. The van der Waals surface area contributed by atoms with E-state index in [-0.39, 0.29) is 49.9 Å². The highest BCUT2D eigenvalue weighted by Crippen LogP contribution is 2.36. The molecular formula is C36H35F3N6O4. The molecule has 49 heavy (non-hydrogen) atoms. The van der Waals surface area contributed by atoms with Crippen LogP contribution in [0.25, 0.3) is 11.1 Å². The Morgan fingerprint density at radius 3 is 2.29 bits per heavy atom. The van der Waals surface area contributed by atoms with Gasteiger partial charge in [-0.05, 0) is 72.9 Å². The second-order valence-corrected chi connectivity index (χ2v) is 12.1. The number of hydrogen-bond acceptors (Lipinski definition) is 6. The van der Waals surface area contributed by atoms with E-state index in [9.17, 15) is 37.9 Å². The van der Waals surface area contributed by atoms with Gasteiger partial charge in [-0.25, -0.2) is 0 Å². The summed E-state index contributed by atoms with van der Waals surface area (Å²) in [6.07, 6.45) is -4.56. The molecule has 3 N–H and O–H groups in total. The maximum atomic E-state index is 14.0. The molecule has 2 heterocycles. The van der Waals surface area contributed by atoms with Gasteiger partial charge in [0.05, 0.1) is 22.9 Å². The van der Waals surface area contributed by atoms with Gasteiger partial charge < -0.3 is 20.6 Å². The number of carbonyl (C=O) groups is 3. The average Bonchev–Trinajstić information content (AvgIpc) is 3.44. The Morgan fingerprint density at radius 1 is 1.00 bits per heavy atom. The van der Waals surface area contributed by atoms with Crippen LogP contribution in [0, 0.1) is 24.2 Å². The molecule has 0 spiro atoms. The fourth-order valence-electron chi connectivity index (χ4n) is 6.29. The van der Waals surface area contributed by atoms with Crippen LogP contribution >= 0.6 is 0 Å². The summed E-state index contributed by atoms with van der Waals surface area (Å²) in [6.45, 7) is 2.23. The zero-order valence-electron chi connectivity index (χ0n) is 27.1. The van der Waals surface area contributed by atoms with Crippen LogP contribution in [0.3, 0.4) is 0 Å². The van der Waals surface area contributed by atoms with Crippen molar-refractivity contribution in [1.82, 2.24) is 20.0 Å². The molecule has 1 atom stereocenters. The van der Waals surface area contributed by atoms with Crippen molar-refractivity contribution in [2.24, 2.45) is 13.0 Å². The number of amides is 3. The molecule has 0 radical (unpaired) electrons. The number of halogens is 3. The molecule has 13 heteroatoms. The Bertz CT molecular complexity index is 1940. The number of rotatable bonds is 8. The first kappa shape index (κ1) is 34.8. The molecule has 254 valence electrons. The molecule has 0 bridgehead atoms. The summed E-state index contributed by atoms with van der Waals surface area (Å²) in [5.41, 5.74) is -0.580. The van der Waals surface area contributed by atoms with E-state index in [2.05, 4.69) is 15.7 Å². The van der Waals surface area contributed by atoms with Crippen LogP contribution < -0.4 is 10.6 Å². The standard InChI is InChI=1S/C36H35F3N6O4/c1-22-16-31(44(3)43-22)33(47)45-14-12-28(13-15-45)35(49,34(48)42-29-11-10-27(21-40)30(19-29)36(37,38)39)20-23-6-4-7-24(17-23)25-8-5-9-26(18-25)32(46)41-2/h4-11,16-19,28,49H,12-15,20H2,1-3H3,(H,41,46)(H,42,48). The van der Waals surface area contributed by atoms with Gasteiger partial charge >= 0.3 is 6.18 Å². The predicted molar refractivity (Wildman–Crippen MR) is 175 cm³/mol. The minimum absolute atomic E-state index is 0.191. The van der Waals surface area contributed by atoms with Crippen molar-refractivity contribution in [3.63, 3.8) is 0 Å². The van der Waals surface area contributed by atoms with Crippen molar-refractivity contribution in [2.45, 2.75) is 38.0 Å². The summed E-state index contributed by atoms with van der Waals surface area (Å²) < 4.78 is 42.6. The fraction of sp³-hybridized carbons (Fsp3) is 0.306. The maximum Gasteiger partial charge on any atom is 0.417 e. The van der Waals surface area contributed by atoms with Crippen molar-refractivity contribution >= 4 is 23.4 Å². The van der Waals surface area contributed by atoms with Gasteiger partial charge in [-0.2, -0.15) is 23.5 Å². The van der Waals surface area contributed by atoms with Gasteiger partial charge in [-0.3, -0.25) is 19.1 Å². The largest absolute Gasteiger partial charge is 0.417 e. The third-order valence-corrected chi connectivity index (χ3v) is 8.86. The van der Waals surface area contributed by atoms with Crippen molar-refractivity contribution in [3.05, 3.63) is 106 Å². The quantitative estimate of drug-likeness (QED) is 0.238. The maximum absolute atomic E-state index is 14.0. The molecule has 4 aromatic rings. The number of benzene rings is 3. The van der Waals surface area contributed by atoms with Crippen LogP contribution in [0.2, 0.25) is 0 Å². The molecule has 1 aliphatic heterocycles. The first-order valence-electron chi connectivity index (χ1n) is 15.6. The van der Waals surface area contributed by atoms with Crippen LogP contribution in [0.15, 0.2) is 72.8 Å². The summed E-state index contributed by atoms with van der Waals surface area (Å²) in [4.78, 5) is 41.1. The number of nitrogens with zero attached hydrogens (tertiary/aromatic N) is 4. The molecule has 1 aliphatic rings. The van der Waals surface area contributed by atoms with Crippen molar-refractivity contribution in [2.75, 3.05) is 25.5 Å². The average molecular weight is 673 g/mol. The molecule has 1 fully saturated rings. The molecule has 10 nitrogen and oxygen atoms in total. The van der Waals surface area contributed by atoms with E-state index in [0.717, 1.165) is 17.2 Å². The Labute approximate surface area is 281 Å². The van der Waals surface area contributed by atoms with Gasteiger partial charge in [0.2, 0.25) is 0 Å². The van der Waals surface area contributed by atoms with E-state index < -0.39 is 34.7 Å². The Hall–Kier alpha value is -5.48. The van der Waals surface area contributed by atoms with E-state index in [1.54, 1.807) is 61.3 Å². The van der Waals surface area contributed by atoms with E-state index in [0.29, 0.717) is 28.6 Å². The Kier molecular flexibility index (Phi) is 9.91. The van der Waals surface area contributed by atoms with E-state index >= 15 is 0 Å². The minimum Gasteiger partial charge on any atom is -0.379 e. The Morgan fingerprint density at radius 2 is 1.67 bits per heavy atom. The predicted octanol–water partition coefficient (Wildman–Crippen LogP) is 5.11. The Balaban J connectivity index is 1.45. The summed E-state index contributed by atoms with van der Waals surface area (Å²) in [6, 6.07) is 20.1. The molecule has 0 aliphatic carbocycles. The van der Waals surface area contributed by atoms with Crippen LogP contribution in [0.1, 0.15) is 56.1 Å². The molecule has 0 saturated carbocycles. The third-order valence-electron chi connectivity index (χ3n) is 8.86. The highest BCUT2D eigenvalue weighted by atomic mass is 19.4. The topological polar surface area (TPSA) is 140 Å². The van der Waals surface area contributed by atoms with Crippen LogP contribution in [0.4, 0.5) is 18.9 Å². The molecule has 1 saturated heterocycles. The number of nitriles is 1. The number of hydrogen-bond donors (Lipinski definition) is 3. The molecule has 3 amide bonds. The summed E-state index contributed by atoms with van der Waals surface area (Å²) >= 11 is 0. The number of aryl methyl sites for hydroxylation is 2. The monoisotopic (exact) mass is 672 g/mol. The molecule has 5 rings (SSSR count). The van der Waals surface area contributed by atoms with Crippen LogP contribution in [-0.4, -0.2) is 63.2 Å². The van der Waals surface area contributed by atoms with E-state index in [4.69, 9.17) is 0 Å². The van der Waals surface area contributed by atoms with Crippen molar-refractivity contribution in [3.8, 4) is 17.2 Å². The van der Waals surface area contributed by atoms with Gasteiger partial charge in [0.25, 0.3) is 17.7 Å². The first-order chi connectivity index (χ1) is 23.2. The number of piperidine rings is 1. The van der Waals surface area contributed by atoms with E-state index in [1.165, 1.54) is 23.9 Å². The number of nitrogens with one attached hydrogen (secondary N) is 2. The van der Waals surface area contributed by atoms with Gasteiger partial charge in [0.1, 0.15) is 11.3 Å². The number of anilines is 1. The number of aliphatic hydroxyl groups is 1. The second kappa shape index (κ2) is 13.9. The highest BCUT2D eigenvalue weighted by molar-refractivity contribution is 5.98. The first-order valence-corrected chi connectivity index (χ1v) is 15.6. The molecule has 1 unspecified atom stereocenters. The third kappa shape index (κ3) is 7.49. The SMILES string of the molecule is CNC(=O)c1cccc(-c2cccc(CC(O)(C(=O)Nc3ccc(C#N)c(C(F)(F)F)c3)C3CCN(C(=O)c4cc(C)nn4C)CC3)c2)c1. The lowest BCUT2D eigenvalue weighted by atomic mass is 9.75. The van der Waals surface area contributed by atoms with Crippen LogP contribution in [0.5, 0.6) is 0 Å². The van der Waals surface area contributed by atoms with Crippen molar-refractivity contribution in [1.29, 1.82) is 5.26 Å². The lowest BCUT2D eigenvalue weighted by Gasteiger charge is -2.40. The number of carbonyl (C=O) groups excluding carboxylic acids is 3. The van der Waals surface area contributed by atoms with E-state index in [1.807, 2.05) is 12.1 Å². The lowest BCUT2D eigenvalue weighted by Crippen LogP contribution is -2.54. The number of alkyl halides is 3. The molecular weight excluding hydrogens is 637 g/mol. The minimum atomic E-state index is -4.84. The van der Waals surface area contributed by atoms with Crippen molar-refractivity contribution < 1.29 is 32.7 Å². The van der Waals surface area contributed by atoms with Crippen LogP contribution in [-0.2, 0) is 24.4 Å². The number of likely N-dealkylation sites (tertiary alicyclic amines) is 1. The molecule has 1 aromatic heterocycles. The summed E-state index contributed by atoms with van der Waals surface area (Å²) in [5, 5.41) is 30.8. The second-order valence-electron chi connectivity index (χ2n) is 12.1. The van der Waals surface area contributed by atoms with Gasteiger partial charge in [-0.15, -0.1) is 0 Å². The van der Waals surface area contributed by atoms with Gasteiger partial charge in [0.15, 0.2) is 0 Å². The summed E-state index contributed by atoms with van der Waals surface area (Å²) in [5.74, 6) is -2.09. The number of aromatic nitrogens is 2. The zero-order valence-corrected chi connectivity index (χ0v) is 27.1. The van der Waals surface area contributed by atoms with Gasteiger partial charge in [0, 0.05) is 50.8 Å². The zero-order chi connectivity index (χ0) is 35.5. The molecule has 3 aromatic carbocycles. The fourth-order valence-corrected chi connectivity index (χ4v) is 6.29.